The number of aryl methyl sites for hydroxylation is 1. The summed E-state index contributed by atoms with van der Waals surface area (Å²) in [5.41, 5.74) is 1.25. The van der Waals surface area contributed by atoms with Crippen molar-refractivity contribution >= 4 is 5.97 Å². The molecule has 0 aliphatic rings. The van der Waals surface area contributed by atoms with Crippen molar-refractivity contribution in [2.75, 3.05) is 0 Å². The van der Waals surface area contributed by atoms with E-state index in [4.69, 9.17) is 5.11 Å². The zero-order valence-electron chi connectivity index (χ0n) is 9.95. The van der Waals surface area contributed by atoms with Crippen molar-refractivity contribution < 1.29 is 15.0 Å². The Labute approximate surface area is 95.7 Å². The fourth-order valence-electron chi connectivity index (χ4n) is 1.82. The van der Waals surface area contributed by atoms with Crippen LogP contribution in [0.2, 0.25) is 0 Å². The van der Waals surface area contributed by atoms with Gasteiger partial charge in [-0.15, -0.1) is 0 Å². The van der Waals surface area contributed by atoms with E-state index in [1.165, 1.54) is 0 Å². The first-order chi connectivity index (χ1) is 7.36. The number of carbonyl (C=O) groups is 1. The summed E-state index contributed by atoms with van der Waals surface area (Å²) in [6, 6.07) is 5.38. The van der Waals surface area contributed by atoms with Gasteiger partial charge >= 0.3 is 5.97 Å². The predicted octanol–water partition coefficient (Wildman–Crippen LogP) is 2.71. The van der Waals surface area contributed by atoms with E-state index in [-0.39, 0.29) is 12.2 Å². The Hall–Kier alpha value is -1.51. The molecule has 1 aromatic rings. The fourth-order valence-corrected chi connectivity index (χ4v) is 1.82. The summed E-state index contributed by atoms with van der Waals surface area (Å²) in [7, 11) is 0. The van der Waals surface area contributed by atoms with Crippen molar-refractivity contribution in [1.82, 2.24) is 0 Å². The van der Waals surface area contributed by atoms with Gasteiger partial charge in [-0.3, -0.25) is 4.79 Å². The summed E-state index contributed by atoms with van der Waals surface area (Å²) in [4.78, 5) is 10.8. The van der Waals surface area contributed by atoms with Crippen LogP contribution in [0.5, 0.6) is 5.75 Å². The van der Waals surface area contributed by atoms with Crippen LogP contribution in [0.1, 0.15) is 38.3 Å². The quantitative estimate of drug-likeness (QED) is 0.823. The standard InChI is InChI=1S/C13H18O3/c1-4-9-5-6-11(14)10(7-9)13(2,3)8-12(15)16/h5-7,14H,4,8H2,1-3H3,(H,15,16). The van der Waals surface area contributed by atoms with E-state index in [1.807, 2.05) is 32.9 Å². The summed E-state index contributed by atoms with van der Waals surface area (Å²) >= 11 is 0. The molecule has 16 heavy (non-hydrogen) atoms. The summed E-state index contributed by atoms with van der Waals surface area (Å²) in [6.45, 7) is 5.69. The Morgan fingerprint density at radius 1 is 1.38 bits per heavy atom. The molecule has 0 atom stereocenters. The van der Waals surface area contributed by atoms with Crippen LogP contribution in [0.3, 0.4) is 0 Å². The SMILES string of the molecule is CCc1ccc(O)c(C(C)(C)CC(=O)O)c1. The van der Waals surface area contributed by atoms with Crippen LogP contribution < -0.4 is 0 Å². The molecule has 0 amide bonds. The third-order valence-corrected chi connectivity index (χ3v) is 2.79. The first kappa shape index (κ1) is 12.6. The minimum Gasteiger partial charge on any atom is -0.508 e. The molecular formula is C13H18O3. The monoisotopic (exact) mass is 222 g/mol. The third-order valence-electron chi connectivity index (χ3n) is 2.79. The highest BCUT2D eigenvalue weighted by Gasteiger charge is 2.27. The Kier molecular flexibility index (Phi) is 3.58. The Balaban J connectivity index is 3.14. The zero-order valence-corrected chi connectivity index (χ0v) is 9.95. The number of aromatic hydroxyl groups is 1. The van der Waals surface area contributed by atoms with E-state index in [9.17, 15) is 9.90 Å². The van der Waals surface area contributed by atoms with Gasteiger partial charge in [-0.2, -0.15) is 0 Å². The molecule has 1 aromatic carbocycles. The molecule has 0 aromatic heterocycles. The summed E-state index contributed by atoms with van der Waals surface area (Å²) in [6.07, 6.45) is 0.879. The lowest BCUT2D eigenvalue weighted by Crippen LogP contribution is -2.22. The topological polar surface area (TPSA) is 57.5 Å². The molecule has 3 heteroatoms. The van der Waals surface area contributed by atoms with E-state index in [0.29, 0.717) is 5.56 Å². The van der Waals surface area contributed by atoms with Crippen molar-refractivity contribution in [3.05, 3.63) is 29.3 Å². The van der Waals surface area contributed by atoms with Crippen LogP contribution >= 0.6 is 0 Å². The summed E-state index contributed by atoms with van der Waals surface area (Å²) < 4.78 is 0. The molecule has 0 aliphatic heterocycles. The third kappa shape index (κ3) is 2.75. The Bertz CT molecular complexity index is 394. The number of hydrogen-bond acceptors (Lipinski definition) is 2. The van der Waals surface area contributed by atoms with Crippen molar-refractivity contribution in [1.29, 1.82) is 0 Å². The highest BCUT2D eigenvalue weighted by atomic mass is 16.4. The van der Waals surface area contributed by atoms with Crippen molar-refractivity contribution in [3.63, 3.8) is 0 Å². The molecule has 2 N–H and O–H groups in total. The highest BCUT2D eigenvalue weighted by molar-refractivity contribution is 5.69. The number of phenols is 1. The highest BCUT2D eigenvalue weighted by Crippen LogP contribution is 2.34. The molecule has 0 heterocycles. The number of aliphatic carboxylic acids is 1. The maximum atomic E-state index is 10.8. The molecule has 88 valence electrons. The summed E-state index contributed by atoms with van der Waals surface area (Å²) in [5.74, 6) is -0.685. The molecule has 0 unspecified atom stereocenters. The van der Waals surface area contributed by atoms with Crippen molar-refractivity contribution in [2.45, 2.75) is 39.0 Å². The predicted molar refractivity (Wildman–Crippen MR) is 62.8 cm³/mol. The van der Waals surface area contributed by atoms with E-state index in [2.05, 4.69) is 0 Å². The minimum atomic E-state index is -0.855. The molecule has 0 aliphatic carbocycles. The van der Waals surface area contributed by atoms with Gasteiger partial charge in [0.2, 0.25) is 0 Å². The molecule has 0 radical (unpaired) electrons. The average molecular weight is 222 g/mol. The van der Waals surface area contributed by atoms with E-state index in [1.54, 1.807) is 6.07 Å². The van der Waals surface area contributed by atoms with Gasteiger partial charge in [0.1, 0.15) is 5.75 Å². The van der Waals surface area contributed by atoms with E-state index in [0.717, 1.165) is 12.0 Å². The van der Waals surface area contributed by atoms with Gasteiger partial charge in [-0.25, -0.2) is 0 Å². The van der Waals surface area contributed by atoms with Crippen LogP contribution in [0.4, 0.5) is 0 Å². The zero-order chi connectivity index (χ0) is 12.3. The van der Waals surface area contributed by atoms with Gasteiger partial charge in [0.05, 0.1) is 6.42 Å². The first-order valence-corrected chi connectivity index (χ1v) is 5.41. The number of carboxylic acid groups (broad SMARTS) is 1. The maximum absolute atomic E-state index is 10.8. The average Bonchev–Trinajstić information content (AvgIpc) is 2.16. The lowest BCUT2D eigenvalue weighted by atomic mass is 9.80. The number of benzene rings is 1. The second kappa shape index (κ2) is 4.56. The molecular weight excluding hydrogens is 204 g/mol. The van der Waals surface area contributed by atoms with Crippen LogP contribution in [0, 0.1) is 0 Å². The molecule has 3 nitrogen and oxygen atoms in total. The van der Waals surface area contributed by atoms with Crippen molar-refractivity contribution in [3.8, 4) is 5.75 Å². The van der Waals surface area contributed by atoms with Gasteiger partial charge in [-0.1, -0.05) is 32.9 Å². The summed E-state index contributed by atoms with van der Waals surface area (Å²) in [5, 5.41) is 18.6. The Morgan fingerprint density at radius 3 is 2.50 bits per heavy atom. The minimum absolute atomic E-state index is 0.00767. The lowest BCUT2D eigenvalue weighted by molar-refractivity contribution is -0.138. The second-order valence-corrected chi connectivity index (χ2v) is 4.66. The lowest BCUT2D eigenvalue weighted by Gasteiger charge is -2.24. The van der Waals surface area contributed by atoms with Crippen LogP contribution in [-0.4, -0.2) is 16.2 Å². The maximum Gasteiger partial charge on any atom is 0.304 e. The van der Waals surface area contributed by atoms with E-state index < -0.39 is 11.4 Å². The van der Waals surface area contributed by atoms with Crippen LogP contribution in [0.15, 0.2) is 18.2 Å². The van der Waals surface area contributed by atoms with Crippen molar-refractivity contribution in [2.24, 2.45) is 0 Å². The van der Waals surface area contributed by atoms with Gasteiger partial charge in [-0.05, 0) is 18.1 Å². The second-order valence-electron chi connectivity index (χ2n) is 4.66. The molecule has 1 rings (SSSR count). The molecule has 0 bridgehead atoms. The normalized spacial score (nSPS) is 11.4. The molecule has 0 saturated heterocycles. The molecule has 0 spiro atoms. The van der Waals surface area contributed by atoms with Gasteiger partial charge < -0.3 is 10.2 Å². The van der Waals surface area contributed by atoms with Gasteiger partial charge in [0.25, 0.3) is 0 Å². The number of rotatable bonds is 4. The number of phenolic OH excluding ortho intramolecular Hbond substituents is 1. The van der Waals surface area contributed by atoms with Gasteiger partial charge in [0.15, 0.2) is 0 Å². The smallest absolute Gasteiger partial charge is 0.304 e. The first-order valence-electron chi connectivity index (χ1n) is 5.41. The molecule has 0 fully saturated rings. The van der Waals surface area contributed by atoms with Crippen LogP contribution in [0.25, 0.3) is 0 Å². The molecule has 0 saturated carbocycles. The Morgan fingerprint density at radius 2 is 2.00 bits per heavy atom. The van der Waals surface area contributed by atoms with E-state index >= 15 is 0 Å². The fraction of sp³-hybridized carbons (Fsp3) is 0.462. The largest absolute Gasteiger partial charge is 0.508 e. The number of hydrogen-bond donors (Lipinski definition) is 2. The number of carboxylic acids is 1. The van der Waals surface area contributed by atoms with Crippen LogP contribution in [-0.2, 0) is 16.6 Å². The van der Waals surface area contributed by atoms with Gasteiger partial charge in [0, 0.05) is 11.0 Å².